The van der Waals surface area contributed by atoms with Crippen LogP contribution in [0.15, 0.2) is 51.6 Å². The van der Waals surface area contributed by atoms with Crippen molar-refractivity contribution in [2.75, 3.05) is 12.4 Å². The number of nitrogens with two attached hydrogens (primary N) is 1. The molecule has 2 aliphatic rings. The number of nitrogens with zero attached hydrogens (tertiary/aromatic N) is 2. The van der Waals surface area contributed by atoms with E-state index in [4.69, 9.17) is 10.5 Å². The Balaban J connectivity index is 1.50. The third kappa shape index (κ3) is 3.94. The number of rotatable bonds is 5. The number of anilines is 1. The molecule has 4 heterocycles. The Bertz CT molecular complexity index is 1400. The van der Waals surface area contributed by atoms with Gasteiger partial charge in [0.15, 0.2) is 0 Å². The minimum absolute atomic E-state index is 0.278. The van der Waals surface area contributed by atoms with E-state index in [0.29, 0.717) is 26.2 Å². The second kappa shape index (κ2) is 8.98. The molecule has 3 N–H and O–H groups in total. The highest BCUT2D eigenvalue weighted by Crippen LogP contribution is 2.53. The lowest BCUT2D eigenvalue weighted by Crippen LogP contribution is -2.41. The number of primary amides is 1. The third-order valence-corrected chi connectivity index (χ3v) is 9.35. The second-order valence-corrected chi connectivity index (χ2v) is 10.9. The molecule has 0 bridgehead atoms. The number of imide groups is 3. The zero-order valence-corrected chi connectivity index (χ0v) is 20.6. The lowest BCUT2D eigenvalue weighted by molar-refractivity contribution is -0.135. The maximum atomic E-state index is 13.1. The summed E-state index contributed by atoms with van der Waals surface area (Å²) in [5.74, 6) is -2.64. The van der Waals surface area contributed by atoms with E-state index in [0.717, 1.165) is 28.0 Å². The highest BCUT2D eigenvalue weighted by Gasteiger charge is 2.58. The summed E-state index contributed by atoms with van der Waals surface area (Å²) in [4.78, 5) is 65.1. The molecule has 2 aromatic heterocycles. The van der Waals surface area contributed by atoms with E-state index in [2.05, 4.69) is 5.32 Å². The molecule has 3 atom stereocenters. The van der Waals surface area contributed by atoms with Crippen LogP contribution in [-0.4, -0.2) is 45.6 Å². The Labute approximate surface area is 210 Å². The Morgan fingerprint density at radius 1 is 1.11 bits per heavy atom. The van der Waals surface area contributed by atoms with Crippen LogP contribution in [0.1, 0.15) is 15.7 Å². The fourth-order valence-corrected chi connectivity index (χ4v) is 7.99. The standard InChI is InChI=1S/C22H18N4O6S3/c1-32-11-6-4-10(5-7-11)24-13(27)9-25-20-17(35-22(25)31)14(12-3-2-8-33-12)15-16(34-20)19(29)26(18(15)28)21(23)30/h2-8,14-16H,9H2,1H3,(H2,23,30)(H,24,27)/t14-,15+,16-/m0/s1. The molecule has 10 nitrogen and oxygen atoms in total. The highest BCUT2D eigenvalue weighted by molar-refractivity contribution is 8.00. The molecule has 5 amide bonds. The van der Waals surface area contributed by atoms with Gasteiger partial charge in [0.25, 0.3) is 5.91 Å². The SMILES string of the molecule is COc1ccc(NC(=O)Cn2c3c(sc2=O)[C@@H](c2cccs2)[C@H]2C(=O)N(C(N)=O)C(=O)[C@H]2S3)cc1. The van der Waals surface area contributed by atoms with Crippen molar-refractivity contribution in [3.63, 3.8) is 0 Å². The first kappa shape index (κ1) is 23.3. The normalized spacial score (nSPS) is 20.9. The number of thioether (sulfide) groups is 1. The van der Waals surface area contributed by atoms with E-state index >= 15 is 0 Å². The fourth-order valence-electron chi connectivity index (χ4n) is 4.27. The van der Waals surface area contributed by atoms with Crippen LogP contribution in [0, 0.1) is 5.92 Å². The maximum absolute atomic E-state index is 13.1. The topological polar surface area (TPSA) is 141 Å². The zero-order valence-electron chi connectivity index (χ0n) is 18.1. The van der Waals surface area contributed by atoms with Gasteiger partial charge in [0, 0.05) is 21.4 Å². The van der Waals surface area contributed by atoms with Crippen LogP contribution in [-0.2, 0) is 20.9 Å². The molecule has 2 aliphatic heterocycles. The number of aromatic nitrogens is 1. The maximum Gasteiger partial charge on any atom is 0.328 e. The lowest BCUT2D eigenvalue weighted by Gasteiger charge is -2.29. The van der Waals surface area contributed by atoms with Gasteiger partial charge in [0.2, 0.25) is 11.8 Å². The first-order chi connectivity index (χ1) is 16.8. The number of benzene rings is 1. The zero-order chi connectivity index (χ0) is 24.9. The molecule has 0 spiro atoms. The summed E-state index contributed by atoms with van der Waals surface area (Å²) >= 11 is 3.35. The largest absolute Gasteiger partial charge is 0.497 e. The van der Waals surface area contributed by atoms with E-state index < -0.39 is 40.8 Å². The number of ether oxygens (including phenoxy) is 1. The third-order valence-electron chi connectivity index (χ3n) is 5.79. The van der Waals surface area contributed by atoms with Crippen molar-refractivity contribution in [2.24, 2.45) is 11.7 Å². The van der Waals surface area contributed by atoms with E-state index in [1.807, 2.05) is 17.5 Å². The van der Waals surface area contributed by atoms with E-state index in [1.165, 1.54) is 23.0 Å². The molecule has 0 aliphatic carbocycles. The summed E-state index contributed by atoms with van der Waals surface area (Å²) in [6.45, 7) is -0.278. The molecule has 1 fully saturated rings. The smallest absolute Gasteiger partial charge is 0.328 e. The summed E-state index contributed by atoms with van der Waals surface area (Å²) in [5, 5.41) is 4.09. The Morgan fingerprint density at radius 2 is 1.86 bits per heavy atom. The molecule has 13 heteroatoms. The predicted octanol–water partition coefficient (Wildman–Crippen LogP) is 2.29. The van der Waals surface area contributed by atoms with Gasteiger partial charge in [-0.15, -0.1) is 11.3 Å². The van der Waals surface area contributed by atoms with Crippen molar-refractivity contribution in [1.82, 2.24) is 9.47 Å². The van der Waals surface area contributed by atoms with Gasteiger partial charge < -0.3 is 15.8 Å². The summed E-state index contributed by atoms with van der Waals surface area (Å²) in [5.41, 5.74) is 5.85. The monoisotopic (exact) mass is 530 g/mol. The van der Waals surface area contributed by atoms with Crippen molar-refractivity contribution >= 4 is 63.9 Å². The average Bonchev–Trinajstić information content (AvgIpc) is 3.52. The molecule has 5 rings (SSSR count). The first-order valence-corrected chi connectivity index (χ1v) is 12.9. The molecular weight excluding hydrogens is 512 g/mol. The van der Waals surface area contributed by atoms with Crippen LogP contribution in [0.4, 0.5) is 10.5 Å². The molecule has 0 saturated carbocycles. The Hall–Kier alpha value is -3.42. The summed E-state index contributed by atoms with van der Waals surface area (Å²) in [6.07, 6.45) is 0. The number of nitrogens with one attached hydrogen (secondary N) is 1. The molecule has 35 heavy (non-hydrogen) atoms. The molecule has 180 valence electrons. The van der Waals surface area contributed by atoms with Crippen LogP contribution in [0.2, 0.25) is 0 Å². The van der Waals surface area contributed by atoms with Crippen LogP contribution >= 0.6 is 34.4 Å². The van der Waals surface area contributed by atoms with Crippen molar-refractivity contribution in [1.29, 1.82) is 0 Å². The summed E-state index contributed by atoms with van der Waals surface area (Å²) in [6, 6.07) is 9.25. The van der Waals surface area contributed by atoms with Crippen molar-refractivity contribution in [3.8, 4) is 5.75 Å². The number of carbonyl (C=O) groups is 4. The van der Waals surface area contributed by atoms with Crippen LogP contribution in [0.25, 0.3) is 0 Å². The number of carbonyl (C=O) groups excluding carboxylic acids is 4. The number of amides is 5. The molecule has 1 aromatic carbocycles. The second-order valence-electron chi connectivity index (χ2n) is 7.81. The number of thiazole rings is 1. The molecule has 3 aromatic rings. The van der Waals surface area contributed by atoms with Crippen LogP contribution in [0.3, 0.4) is 0 Å². The minimum atomic E-state index is -1.13. The van der Waals surface area contributed by atoms with Crippen LogP contribution in [0.5, 0.6) is 5.75 Å². The number of hydrogen-bond acceptors (Lipinski definition) is 9. The van der Waals surface area contributed by atoms with E-state index in [9.17, 15) is 24.0 Å². The summed E-state index contributed by atoms with van der Waals surface area (Å²) in [7, 11) is 1.54. The van der Waals surface area contributed by atoms with E-state index in [-0.39, 0.29) is 11.4 Å². The number of likely N-dealkylation sites (tertiary alicyclic amines) is 1. The van der Waals surface area contributed by atoms with Gasteiger partial charge in [-0.3, -0.25) is 23.7 Å². The molecule has 0 radical (unpaired) electrons. The van der Waals surface area contributed by atoms with Gasteiger partial charge in [0.1, 0.15) is 17.5 Å². The van der Waals surface area contributed by atoms with Crippen molar-refractivity contribution < 1.29 is 23.9 Å². The first-order valence-electron chi connectivity index (χ1n) is 10.3. The predicted molar refractivity (Wildman–Crippen MR) is 131 cm³/mol. The van der Waals surface area contributed by atoms with Gasteiger partial charge in [-0.25, -0.2) is 4.79 Å². The van der Waals surface area contributed by atoms with Gasteiger partial charge >= 0.3 is 10.9 Å². The highest BCUT2D eigenvalue weighted by atomic mass is 32.2. The summed E-state index contributed by atoms with van der Waals surface area (Å²) < 4.78 is 6.42. The van der Waals surface area contributed by atoms with Gasteiger partial charge in [-0.1, -0.05) is 29.2 Å². The average molecular weight is 531 g/mol. The number of hydrogen-bond donors (Lipinski definition) is 2. The van der Waals surface area contributed by atoms with Crippen molar-refractivity contribution in [3.05, 3.63) is 61.2 Å². The number of methoxy groups -OCH3 is 1. The fraction of sp³-hybridized carbons (Fsp3) is 0.227. The molecule has 1 saturated heterocycles. The van der Waals surface area contributed by atoms with Crippen LogP contribution < -0.4 is 20.7 Å². The Kier molecular flexibility index (Phi) is 5.99. The Morgan fingerprint density at radius 3 is 2.49 bits per heavy atom. The van der Waals surface area contributed by atoms with Gasteiger partial charge in [0.05, 0.1) is 18.1 Å². The minimum Gasteiger partial charge on any atom is -0.497 e. The van der Waals surface area contributed by atoms with Gasteiger partial charge in [-0.05, 0) is 35.7 Å². The molecule has 0 unspecified atom stereocenters. The van der Waals surface area contributed by atoms with E-state index in [1.54, 1.807) is 24.3 Å². The lowest BCUT2D eigenvalue weighted by atomic mass is 9.87. The van der Waals surface area contributed by atoms with Gasteiger partial charge in [-0.2, -0.15) is 4.90 Å². The molecular formula is C22H18N4O6S3. The number of fused-ring (bicyclic) bond motifs is 2. The number of urea groups is 1. The van der Waals surface area contributed by atoms with Crippen molar-refractivity contribution in [2.45, 2.75) is 22.7 Å². The quantitative estimate of drug-likeness (QED) is 0.482. The number of thiophene rings is 1.